The van der Waals surface area contributed by atoms with E-state index in [0.29, 0.717) is 25.3 Å². The summed E-state index contributed by atoms with van der Waals surface area (Å²) in [5, 5.41) is 3.12. The maximum Gasteiger partial charge on any atom is 0.242 e. The smallest absolute Gasteiger partial charge is 0.242 e. The van der Waals surface area contributed by atoms with Crippen molar-refractivity contribution in [2.45, 2.75) is 50.2 Å². The topological polar surface area (TPSA) is 80.3 Å². The number of sulfonamides is 1. The number of anilines is 1. The average Bonchev–Trinajstić information content (AvgIpc) is 2.45. The van der Waals surface area contributed by atoms with Crippen LogP contribution in [0, 0.1) is 0 Å². The van der Waals surface area contributed by atoms with Gasteiger partial charge in [-0.05, 0) is 38.3 Å². The highest BCUT2D eigenvalue weighted by Gasteiger charge is 2.25. The summed E-state index contributed by atoms with van der Waals surface area (Å²) in [7, 11) is -3.52. The first-order chi connectivity index (χ1) is 10.0. The first-order valence-electron chi connectivity index (χ1n) is 7.35. The molecule has 0 aliphatic carbocycles. The van der Waals surface area contributed by atoms with Crippen LogP contribution in [-0.2, 0) is 14.8 Å². The van der Waals surface area contributed by atoms with E-state index in [2.05, 4.69) is 21.9 Å². The summed E-state index contributed by atoms with van der Waals surface area (Å²) in [5.74, 6) is 0.690. The van der Waals surface area contributed by atoms with Gasteiger partial charge >= 0.3 is 0 Å². The lowest BCUT2D eigenvalue weighted by Crippen LogP contribution is -2.41. The zero-order valence-corrected chi connectivity index (χ0v) is 13.3. The van der Waals surface area contributed by atoms with E-state index in [1.807, 2.05) is 6.92 Å². The van der Waals surface area contributed by atoms with Crippen molar-refractivity contribution >= 4 is 15.8 Å². The van der Waals surface area contributed by atoms with Crippen LogP contribution >= 0.6 is 0 Å². The molecule has 0 saturated carbocycles. The van der Waals surface area contributed by atoms with E-state index in [9.17, 15) is 8.42 Å². The Morgan fingerprint density at radius 1 is 1.43 bits per heavy atom. The molecule has 2 N–H and O–H groups in total. The minimum atomic E-state index is -3.52. The van der Waals surface area contributed by atoms with Crippen LogP contribution in [-0.4, -0.2) is 38.7 Å². The molecule has 118 valence electrons. The van der Waals surface area contributed by atoms with Gasteiger partial charge in [-0.15, -0.1) is 0 Å². The van der Waals surface area contributed by atoms with Crippen LogP contribution in [0.5, 0.6) is 0 Å². The lowest BCUT2D eigenvalue weighted by Gasteiger charge is -2.27. The van der Waals surface area contributed by atoms with Gasteiger partial charge in [0.1, 0.15) is 10.7 Å². The van der Waals surface area contributed by atoms with Crippen LogP contribution in [0.3, 0.4) is 0 Å². The lowest BCUT2D eigenvalue weighted by molar-refractivity contribution is 0.0173. The summed E-state index contributed by atoms with van der Waals surface area (Å²) in [6, 6.07) is 3.20. The Bertz CT molecular complexity index is 545. The molecule has 21 heavy (non-hydrogen) atoms. The zero-order chi connectivity index (χ0) is 15.3. The normalized spacial score (nSPS) is 23.0. The van der Waals surface area contributed by atoms with Crippen molar-refractivity contribution in [1.82, 2.24) is 9.71 Å². The molecule has 7 heteroatoms. The summed E-state index contributed by atoms with van der Waals surface area (Å²) in [6.45, 7) is 5.42. The average molecular weight is 313 g/mol. The third-order valence-electron chi connectivity index (χ3n) is 3.41. The van der Waals surface area contributed by atoms with Crippen LogP contribution in [0.1, 0.15) is 33.1 Å². The maximum atomic E-state index is 12.3. The van der Waals surface area contributed by atoms with Crippen molar-refractivity contribution in [2.24, 2.45) is 0 Å². The van der Waals surface area contributed by atoms with Crippen LogP contribution in [0.25, 0.3) is 0 Å². The predicted octanol–water partition coefficient (Wildman–Crippen LogP) is 1.75. The number of nitrogens with zero attached hydrogens (tertiary/aromatic N) is 1. The molecule has 0 amide bonds. The molecule has 6 nitrogen and oxygen atoms in total. The van der Waals surface area contributed by atoms with Crippen molar-refractivity contribution < 1.29 is 13.2 Å². The summed E-state index contributed by atoms with van der Waals surface area (Å²) < 4.78 is 32.8. The lowest BCUT2D eigenvalue weighted by atomic mass is 10.1. The Labute approximate surface area is 126 Å². The van der Waals surface area contributed by atoms with Gasteiger partial charge in [0.25, 0.3) is 0 Å². The molecule has 1 aliphatic rings. The standard InChI is InChI=1S/C14H23N3O3S/c1-3-7-15-14-5-4-13(10-16-14)21(18,19)17-12-6-8-20-11(2)9-12/h4-5,10-12,17H,3,6-9H2,1-2H3,(H,15,16). The molecular weight excluding hydrogens is 290 g/mol. The Morgan fingerprint density at radius 3 is 2.86 bits per heavy atom. The Morgan fingerprint density at radius 2 is 2.24 bits per heavy atom. The van der Waals surface area contributed by atoms with Crippen molar-refractivity contribution in [3.8, 4) is 0 Å². The maximum absolute atomic E-state index is 12.3. The van der Waals surface area contributed by atoms with Crippen LogP contribution in [0.4, 0.5) is 5.82 Å². The SMILES string of the molecule is CCCNc1ccc(S(=O)(=O)NC2CCOC(C)C2)cn1. The molecule has 1 saturated heterocycles. The fourth-order valence-electron chi connectivity index (χ4n) is 2.29. The van der Waals surface area contributed by atoms with Gasteiger partial charge in [-0.2, -0.15) is 0 Å². The molecule has 1 aromatic rings. The molecule has 2 unspecified atom stereocenters. The molecule has 1 aliphatic heterocycles. The van der Waals surface area contributed by atoms with Crippen molar-refractivity contribution in [2.75, 3.05) is 18.5 Å². The van der Waals surface area contributed by atoms with E-state index in [4.69, 9.17) is 4.74 Å². The van der Waals surface area contributed by atoms with Crippen LogP contribution < -0.4 is 10.0 Å². The fraction of sp³-hybridized carbons (Fsp3) is 0.643. The van der Waals surface area contributed by atoms with Gasteiger partial charge in [0.15, 0.2) is 0 Å². The van der Waals surface area contributed by atoms with E-state index in [1.165, 1.54) is 6.20 Å². The van der Waals surface area contributed by atoms with Crippen LogP contribution in [0.2, 0.25) is 0 Å². The van der Waals surface area contributed by atoms with Gasteiger partial charge in [0.05, 0.1) is 6.10 Å². The molecule has 0 bridgehead atoms. The number of hydrogen-bond donors (Lipinski definition) is 2. The highest BCUT2D eigenvalue weighted by molar-refractivity contribution is 7.89. The monoisotopic (exact) mass is 313 g/mol. The quantitative estimate of drug-likeness (QED) is 0.836. The van der Waals surface area contributed by atoms with Gasteiger partial charge in [0, 0.05) is 25.4 Å². The number of aromatic nitrogens is 1. The fourth-order valence-corrected chi connectivity index (χ4v) is 3.52. The summed E-state index contributed by atoms with van der Waals surface area (Å²) in [4.78, 5) is 4.33. The third-order valence-corrected chi connectivity index (χ3v) is 4.92. The molecule has 0 spiro atoms. The number of nitrogens with one attached hydrogen (secondary N) is 2. The second kappa shape index (κ2) is 7.20. The van der Waals surface area contributed by atoms with E-state index < -0.39 is 10.0 Å². The first kappa shape index (κ1) is 16.2. The number of pyridine rings is 1. The van der Waals surface area contributed by atoms with Gasteiger partial charge in [-0.1, -0.05) is 6.92 Å². The van der Waals surface area contributed by atoms with E-state index in [1.54, 1.807) is 12.1 Å². The zero-order valence-electron chi connectivity index (χ0n) is 12.5. The van der Waals surface area contributed by atoms with E-state index in [-0.39, 0.29) is 17.0 Å². The second-order valence-corrected chi connectivity index (χ2v) is 7.04. The minimum Gasteiger partial charge on any atom is -0.378 e. The highest BCUT2D eigenvalue weighted by atomic mass is 32.2. The molecular formula is C14H23N3O3S. The Balaban J connectivity index is 2.01. The van der Waals surface area contributed by atoms with E-state index >= 15 is 0 Å². The highest BCUT2D eigenvalue weighted by Crippen LogP contribution is 2.17. The molecule has 1 fully saturated rings. The molecule has 0 aromatic carbocycles. The number of ether oxygens (including phenoxy) is 1. The van der Waals surface area contributed by atoms with Crippen molar-refractivity contribution in [3.63, 3.8) is 0 Å². The van der Waals surface area contributed by atoms with Gasteiger partial charge in [0.2, 0.25) is 10.0 Å². The number of hydrogen-bond acceptors (Lipinski definition) is 5. The van der Waals surface area contributed by atoms with Crippen molar-refractivity contribution in [3.05, 3.63) is 18.3 Å². The molecule has 1 aromatic heterocycles. The molecule has 2 rings (SSSR count). The third kappa shape index (κ3) is 4.66. The van der Waals surface area contributed by atoms with Gasteiger partial charge < -0.3 is 10.1 Å². The largest absolute Gasteiger partial charge is 0.378 e. The van der Waals surface area contributed by atoms with Crippen molar-refractivity contribution in [1.29, 1.82) is 0 Å². The van der Waals surface area contributed by atoms with Crippen LogP contribution in [0.15, 0.2) is 23.2 Å². The minimum absolute atomic E-state index is 0.0726. The first-order valence-corrected chi connectivity index (χ1v) is 8.83. The Kier molecular flexibility index (Phi) is 5.55. The molecule has 2 atom stereocenters. The Hall–Kier alpha value is -1.18. The molecule has 2 heterocycles. The van der Waals surface area contributed by atoms with E-state index in [0.717, 1.165) is 13.0 Å². The summed E-state index contributed by atoms with van der Waals surface area (Å²) in [6.07, 6.45) is 3.87. The van der Waals surface area contributed by atoms with Gasteiger partial charge in [-0.25, -0.2) is 18.1 Å². The summed E-state index contributed by atoms with van der Waals surface area (Å²) in [5.41, 5.74) is 0. The van der Waals surface area contributed by atoms with Gasteiger partial charge in [-0.3, -0.25) is 0 Å². The molecule has 0 radical (unpaired) electrons. The summed E-state index contributed by atoms with van der Waals surface area (Å²) >= 11 is 0. The second-order valence-electron chi connectivity index (χ2n) is 5.33. The predicted molar refractivity (Wildman–Crippen MR) is 81.8 cm³/mol. The number of rotatable bonds is 6.